The van der Waals surface area contributed by atoms with Crippen LogP contribution < -0.4 is 10.1 Å². The van der Waals surface area contributed by atoms with E-state index < -0.39 is 30.5 Å². The number of aliphatic imine (C=N–C) groups is 1. The normalized spacial score (nSPS) is 24.3. The van der Waals surface area contributed by atoms with E-state index in [4.69, 9.17) is 4.74 Å². The number of nitrogens with zero attached hydrogens (tertiary/aromatic N) is 2. The largest absolute Gasteiger partial charge is 0.482 e. The van der Waals surface area contributed by atoms with Gasteiger partial charge in [0.25, 0.3) is 0 Å². The molecule has 0 spiro atoms. The van der Waals surface area contributed by atoms with Gasteiger partial charge in [0.1, 0.15) is 5.75 Å². The lowest BCUT2D eigenvalue weighted by molar-refractivity contribution is -0.165. The van der Waals surface area contributed by atoms with Crippen LogP contribution in [0.3, 0.4) is 0 Å². The van der Waals surface area contributed by atoms with Crippen molar-refractivity contribution in [2.75, 3.05) is 19.6 Å². The lowest BCUT2D eigenvalue weighted by atomic mass is 9.98. The Morgan fingerprint density at radius 2 is 1.83 bits per heavy atom. The molecule has 3 atom stereocenters. The van der Waals surface area contributed by atoms with Crippen LogP contribution in [0.15, 0.2) is 59.6 Å². The van der Waals surface area contributed by atoms with Crippen LogP contribution in [-0.4, -0.2) is 59.7 Å². The van der Waals surface area contributed by atoms with Crippen molar-refractivity contribution in [3.05, 3.63) is 65.7 Å². The van der Waals surface area contributed by atoms with E-state index in [0.29, 0.717) is 17.7 Å². The molecule has 2 heterocycles. The van der Waals surface area contributed by atoms with E-state index in [1.807, 2.05) is 0 Å². The summed E-state index contributed by atoms with van der Waals surface area (Å²) in [7, 11) is 0. The number of piperazine rings is 1. The fraction of sp³-hybridized carbons (Fsp3) is 0.333. The first-order valence-corrected chi connectivity index (χ1v) is 9.52. The van der Waals surface area contributed by atoms with Crippen LogP contribution in [0.4, 0.5) is 18.0 Å². The van der Waals surface area contributed by atoms with Crippen LogP contribution in [0, 0.1) is 0 Å². The van der Waals surface area contributed by atoms with Gasteiger partial charge >= 0.3 is 12.3 Å². The maximum absolute atomic E-state index is 14.1. The second-order valence-electron chi connectivity index (χ2n) is 7.14. The molecular formula is C21H20F3N3O3. The maximum Gasteiger partial charge on any atom is 0.414 e. The van der Waals surface area contributed by atoms with Crippen LogP contribution in [0.25, 0.3) is 0 Å². The second-order valence-corrected chi connectivity index (χ2v) is 7.14. The first kappa shape index (κ1) is 20.2. The van der Waals surface area contributed by atoms with E-state index in [0.717, 1.165) is 4.90 Å². The number of alkyl halides is 3. The SMILES string of the molecule is O=C(O)N1CCNCC1C1=NC(C(F)(F)F)C(c2ccccc2)Oc2ccccc21. The van der Waals surface area contributed by atoms with Gasteiger partial charge in [-0.25, -0.2) is 4.79 Å². The highest BCUT2D eigenvalue weighted by atomic mass is 19.4. The number of fused-ring (bicyclic) bond motifs is 1. The van der Waals surface area contributed by atoms with Crippen LogP contribution in [-0.2, 0) is 0 Å². The second kappa shape index (κ2) is 7.98. The molecule has 2 aliphatic heterocycles. The van der Waals surface area contributed by atoms with Crippen molar-refractivity contribution in [1.82, 2.24) is 10.2 Å². The summed E-state index contributed by atoms with van der Waals surface area (Å²) in [5.41, 5.74) is 0.766. The fourth-order valence-electron chi connectivity index (χ4n) is 3.85. The van der Waals surface area contributed by atoms with Crippen molar-refractivity contribution in [2.24, 2.45) is 4.99 Å². The highest BCUT2D eigenvalue weighted by molar-refractivity contribution is 6.08. The maximum atomic E-state index is 14.1. The Hall–Kier alpha value is -3.07. The molecule has 0 saturated carbocycles. The van der Waals surface area contributed by atoms with Gasteiger partial charge in [-0.2, -0.15) is 13.2 Å². The smallest absolute Gasteiger partial charge is 0.414 e. The highest BCUT2D eigenvalue weighted by Gasteiger charge is 2.49. The minimum absolute atomic E-state index is 0.0564. The first-order valence-electron chi connectivity index (χ1n) is 9.52. The average Bonchev–Trinajstić information content (AvgIpc) is 2.91. The van der Waals surface area contributed by atoms with Crippen LogP contribution in [0.2, 0.25) is 0 Å². The predicted molar refractivity (Wildman–Crippen MR) is 104 cm³/mol. The number of benzene rings is 2. The summed E-state index contributed by atoms with van der Waals surface area (Å²) in [4.78, 5) is 17.0. The average molecular weight is 419 g/mol. The zero-order valence-electron chi connectivity index (χ0n) is 15.8. The molecular weight excluding hydrogens is 399 g/mol. The van der Waals surface area contributed by atoms with Gasteiger partial charge in [0.05, 0.1) is 11.8 Å². The third kappa shape index (κ3) is 3.85. The zero-order chi connectivity index (χ0) is 21.3. The molecule has 3 unspecified atom stereocenters. The molecule has 1 amide bonds. The Morgan fingerprint density at radius 3 is 2.53 bits per heavy atom. The molecule has 2 N–H and O–H groups in total. The summed E-state index contributed by atoms with van der Waals surface area (Å²) in [6, 6.07) is 11.6. The fourth-order valence-corrected chi connectivity index (χ4v) is 3.85. The Bertz CT molecular complexity index is 949. The number of rotatable bonds is 2. The van der Waals surface area contributed by atoms with Crippen molar-refractivity contribution in [3.8, 4) is 5.75 Å². The Balaban J connectivity index is 1.89. The number of amides is 1. The number of carbonyl (C=O) groups is 1. The molecule has 0 aromatic heterocycles. The van der Waals surface area contributed by atoms with Crippen molar-refractivity contribution < 1.29 is 27.8 Å². The zero-order valence-corrected chi connectivity index (χ0v) is 15.8. The molecule has 1 saturated heterocycles. The number of hydrogen-bond donors (Lipinski definition) is 2. The molecule has 2 aromatic carbocycles. The summed E-state index contributed by atoms with van der Waals surface area (Å²) in [5, 5.41) is 12.7. The van der Waals surface area contributed by atoms with Gasteiger partial charge in [-0.1, -0.05) is 42.5 Å². The monoisotopic (exact) mass is 419 g/mol. The van der Waals surface area contributed by atoms with Gasteiger partial charge in [0.2, 0.25) is 0 Å². The predicted octanol–water partition coefficient (Wildman–Crippen LogP) is 3.49. The molecule has 4 rings (SSSR count). The number of carboxylic acid groups (broad SMARTS) is 1. The van der Waals surface area contributed by atoms with Crippen molar-refractivity contribution in [1.29, 1.82) is 0 Å². The topological polar surface area (TPSA) is 74.2 Å². The number of halogens is 3. The molecule has 30 heavy (non-hydrogen) atoms. The van der Waals surface area contributed by atoms with Gasteiger partial charge in [-0.15, -0.1) is 0 Å². The molecule has 0 aliphatic carbocycles. The van der Waals surface area contributed by atoms with E-state index in [9.17, 15) is 23.1 Å². The molecule has 6 nitrogen and oxygen atoms in total. The third-order valence-corrected chi connectivity index (χ3v) is 5.25. The minimum atomic E-state index is -4.69. The lowest BCUT2D eigenvalue weighted by Gasteiger charge is -2.35. The quantitative estimate of drug-likeness (QED) is 0.782. The molecule has 158 valence electrons. The van der Waals surface area contributed by atoms with E-state index in [1.54, 1.807) is 54.6 Å². The molecule has 1 fully saturated rings. The summed E-state index contributed by atoms with van der Waals surface area (Å²) < 4.78 is 48.3. The Kier molecular flexibility index (Phi) is 5.38. The van der Waals surface area contributed by atoms with E-state index in [-0.39, 0.29) is 24.6 Å². The third-order valence-electron chi connectivity index (χ3n) is 5.25. The Morgan fingerprint density at radius 1 is 1.13 bits per heavy atom. The number of para-hydroxylation sites is 1. The van der Waals surface area contributed by atoms with Crippen LogP contribution >= 0.6 is 0 Å². The lowest BCUT2D eigenvalue weighted by Crippen LogP contribution is -2.57. The van der Waals surface area contributed by atoms with Crippen LogP contribution in [0.1, 0.15) is 17.2 Å². The van der Waals surface area contributed by atoms with Gasteiger partial charge in [-0.3, -0.25) is 9.89 Å². The molecule has 9 heteroatoms. The minimum Gasteiger partial charge on any atom is -0.482 e. The van der Waals surface area contributed by atoms with Gasteiger partial charge in [0, 0.05) is 25.2 Å². The van der Waals surface area contributed by atoms with Crippen molar-refractivity contribution >= 4 is 11.8 Å². The van der Waals surface area contributed by atoms with Gasteiger partial charge in [0.15, 0.2) is 12.1 Å². The molecule has 2 aliphatic rings. The number of nitrogens with one attached hydrogen (secondary N) is 1. The Labute approximate surface area is 171 Å². The summed E-state index contributed by atoms with van der Waals surface area (Å²) in [6.07, 6.45) is -7.28. The highest BCUT2D eigenvalue weighted by Crippen LogP contribution is 2.40. The summed E-state index contributed by atoms with van der Waals surface area (Å²) in [6.45, 7) is 0.741. The van der Waals surface area contributed by atoms with Gasteiger partial charge < -0.3 is 15.2 Å². The van der Waals surface area contributed by atoms with E-state index in [1.165, 1.54) is 0 Å². The van der Waals surface area contributed by atoms with E-state index in [2.05, 4.69) is 10.3 Å². The van der Waals surface area contributed by atoms with Crippen LogP contribution in [0.5, 0.6) is 5.75 Å². The summed E-state index contributed by atoms with van der Waals surface area (Å²) in [5.74, 6) is 0.243. The molecule has 0 bridgehead atoms. The van der Waals surface area contributed by atoms with Crippen molar-refractivity contribution in [2.45, 2.75) is 24.4 Å². The number of ether oxygens (including phenoxy) is 1. The van der Waals surface area contributed by atoms with Gasteiger partial charge in [-0.05, 0) is 17.7 Å². The summed E-state index contributed by atoms with van der Waals surface area (Å²) >= 11 is 0. The number of hydrogen-bond acceptors (Lipinski definition) is 4. The van der Waals surface area contributed by atoms with Crippen molar-refractivity contribution in [3.63, 3.8) is 0 Å². The standard InChI is InChI=1S/C21H20F3N3O3/c22-21(23,24)19-18(13-6-2-1-3-7-13)30-16-9-5-4-8-14(16)17(26-19)15-12-25-10-11-27(15)20(28)29/h1-9,15,18-19,25H,10-12H2,(H,28,29). The van der Waals surface area contributed by atoms with E-state index >= 15 is 0 Å². The first-order chi connectivity index (χ1) is 14.4. The molecule has 2 aromatic rings. The molecule has 0 radical (unpaired) electrons.